The number of para-hydroxylation sites is 1. The van der Waals surface area contributed by atoms with Gasteiger partial charge in [-0.2, -0.15) is 0 Å². The highest BCUT2D eigenvalue weighted by atomic mass is 16.5. The Labute approximate surface area is 132 Å². The van der Waals surface area contributed by atoms with Crippen LogP contribution in [0.1, 0.15) is 26.4 Å². The molecule has 0 unspecified atom stereocenters. The average Bonchev–Trinajstić information content (AvgIpc) is 3.03. The van der Waals surface area contributed by atoms with E-state index in [2.05, 4.69) is 9.72 Å². The molecule has 1 N–H and O–H groups in total. The second-order valence-electron chi connectivity index (χ2n) is 5.04. The van der Waals surface area contributed by atoms with Crippen molar-refractivity contribution in [3.8, 4) is 0 Å². The van der Waals surface area contributed by atoms with Crippen molar-refractivity contribution in [1.29, 1.82) is 0 Å². The van der Waals surface area contributed by atoms with Crippen LogP contribution in [0, 0.1) is 0 Å². The monoisotopic (exact) mass is 309 g/mol. The molecule has 5 nitrogen and oxygen atoms in total. The van der Waals surface area contributed by atoms with Crippen LogP contribution in [0.25, 0.3) is 10.9 Å². The van der Waals surface area contributed by atoms with Gasteiger partial charge in [-0.05, 0) is 29.8 Å². The molecule has 0 saturated heterocycles. The Morgan fingerprint density at radius 1 is 1.00 bits per heavy atom. The normalized spacial score (nSPS) is 10.5. The number of fused-ring (bicyclic) bond motifs is 1. The first-order valence-electron chi connectivity index (χ1n) is 7.09. The van der Waals surface area contributed by atoms with Gasteiger partial charge in [-0.15, -0.1) is 0 Å². The summed E-state index contributed by atoms with van der Waals surface area (Å²) >= 11 is 0. The van der Waals surface area contributed by atoms with Crippen molar-refractivity contribution in [1.82, 2.24) is 4.98 Å². The van der Waals surface area contributed by atoms with Crippen molar-refractivity contribution in [2.75, 3.05) is 7.11 Å². The Kier molecular flexibility index (Phi) is 4.10. The van der Waals surface area contributed by atoms with Crippen LogP contribution in [0.4, 0.5) is 0 Å². The maximum atomic E-state index is 12.1. The van der Waals surface area contributed by atoms with E-state index in [-0.39, 0.29) is 6.61 Å². The van der Waals surface area contributed by atoms with Gasteiger partial charge >= 0.3 is 11.9 Å². The first kappa shape index (κ1) is 14.8. The highest BCUT2D eigenvalue weighted by Gasteiger charge is 2.12. The largest absolute Gasteiger partial charge is 0.465 e. The van der Waals surface area contributed by atoms with Crippen LogP contribution < -0.4 is 0 Å². The van der Waals surface area contributed by atoms with Gasteiger partial charge in [-0.25, -0.2) is 9.59 Å². The SMILES string of the molecule is COC(=O)c1cccc(COC(=O)c2cc3ccccc3[nH]2)c1. The highest BCUT2D eigenvalue weighted by Crippen LogP contribution is 2.16. The minimum Gasteiger partial charge on any atom is -0.465 e. The Bertz CT molecular complexity index is 833. The summed E-state index contributed by atoms with van der Waals surface area (Å²) in [5, 5.41) is 0.951. The number of methoxy groups -OCH3 is 1. The molecule has 0 aliphatic rings. The first-order chi connectivity index (χ1) is 11.2. The van der Waals surface area contributed by atoms with E-state index in [0.29, 0.717) is 11.3 Å². The summed E-state index contributed by atoms with van der Waals surface area (Å²) in [4.78, 5) is 26.6. The zero-order chi connectivity index (χ0) is 16.2. The van der Waals surface area contributed by atoms with Crippen molar-refractivity contribution in [2.24, 2.45) is 0 Å². The Hall–Kier alpha value is -3.08. The van der Waals surface area contributed by atoms with Gasteiger partial charge in [0.15, 0.2) is 0 Å². The summed E-state index contributed by atoms with van der Waals surface area (Å²) in [5.74, 6) is -0.863. The van der Waals surface area contributed by atoms with Gasteiger partial charge in [-0.3, -0.25) is 0 Å². The van der Waals surface area contributed by atoms with Crippen molar-refractivity contribution in [2.45, 2.75) is 6.61 Å². The van der Waals surface area contributed by atoms with E-state index in [1.807, 2.05) is 24.3 Å². The van der Waals surface area contributed by atoms with Gasteiger partial charge in [0.2, 0.25) is 0 Å². The van der Waals surface area contributed by atoms with Gasteiger partial charge in [0.05, 0.1) is 12.7 Å². The molecule has 0 fully saturated rings. The second kappa shape index (κ2) is 6.36. The number of hydrogen-bond donors (Lipinski definition) is 1. The third kappa shape index (κ3) is 3.23. The molecule has 0 radical (unpaired) electrons. The molecule has 3 rings (SSSR count). The summed E-state index contributed by atoms with van der Waals surface area (Å²) in [5.41, 5.74) is 2.42. The van der Waals surface area contributed by atoms with Crippen LogP contribution in [0.3, 0.4) is 0 Å². The fourth-order valence-electron chi connectivity index (χ4n) is 2.32. The summed E-state index contributed by atoms with van der Waals surface area (Å²) in [6.45, 7) is 0.0824. The number of rotatable bonds is 4. The zero-order valence-electron chi connectivity index (χ0n) is 12.5. The van der Waals surface area contributed by atoms with Gasteiger partial charge in [-0.1, -0.05) is 30.3 Å². The molecule has 1 heterocycles. The van der Waals surface area contributed by atoms with Crippen molar-refractivity contribution < 1.29 is 19.1 Å². The van der Waals surface area contributed by atoms with Crippen LogP contribution in [-0.4, -0.2) is 24.0 Å². The fourth-order valence-corrected chi connectivity index (χ4v) is 2.32. The molecule has 23 heavy (non-hydrogen) atoms. The van der Waals surface area contributed by atoms with E-state index >= 15 is 0 Å². The van der Waals surface area contributed by atoms with Crippen LogP contribution in [0.5, 0.6) is 0 Å². The molecule has 2 aromatic carbocycles. The summed E-state index contributed by atoms with van der Waals surface area (Å²) in [6.07, 6.45) is 0. The number of benzene rings is 2. The maximum Gasteiger partial charge on any atom is 0.355 e. The van der Waals surface area contributed by atoms with Crippen LogP contribution in [-0.2, 0) is 16.1 Å². The number of carbonyl (C=O) groups is 2. The van der Waals surface area contributed by atoms with Crippen LogP contribution >= 0.6 is 0 Å². The topological polar surface area (TPSA) is 68.4 Å². The molecule has 0 spiro atoms. The molecule has 3 aromatic rings. The predicted octanol–water partition coefficient (Wildman–Crippen LogP) is 3.31. The lowest BCUT2D eigenvalue weighted by Crippen LogP contribution is -2.07. The predicted molar refractivity (Wildman–Crippen MR) is 85.2 cm³/mol. The lowest BCUT2D eigenvalue weighted by molar-refractivity contribution is 0.0467. The first-order valence-corrected chi connectivity index (χ1v) is 7.09. The van der Waals surface area contributed by atoms with Gasteiger partial charge in [0.1, 0.15) is 12.3 Å². The Morgan fingerprint density at radius 3 is 2.61 bits per heavy atom. The number of ether oxygens (including phenoxy) is 2. The van der Waals surface area contributed by atoms with Gasteiger partial charge in [0.25, 0.3) is 0 Å². The number of hydrogen-bond acceptors (Lipinski definition) is 4. The second-order valence-corrected chi connectivity index (χ2v) is 5.04. The van der Waals surface area contributed by atoms with Crippen molar-refractivity contribution in [3.05, 3.63) is 71.4 Å². The molecule has 116 valence electrons. The van der Waals surface area contributed by atoms with Crippen molar-refractivity contribution in [3.63, 3.8) is 0 Å². The lowest BCUT2D eigenvalue weighted by atomic mass is 10.1. The number of aromatic nitrogens is 1. The zero-order valence-corrected chi connectivity index (χ0v) is 12.5. The molecule has 0 amide bonds. The molecule has 5 heteroatoms. The molecular weight excluding hydrogens is 294 g/mol. The minimum atomic E-state index is -0.440. The average molecular weight is 309 g/mol. The van der Waals surface area contributed by atoms with E-state index in [0.717, 1.165) is 16.5 Å². The lowest BCUT2D eigenvalue weighted by Gasteiger charge is -2.05. The van der Waals surface area contributed by atoms with E-state index in [1.54, 1.807) is 30.3 Å². The molecular formula is C18H15NO4. The van der Waals surface area contributed by atoms with E-state index in [4.69, 9.17) is 4.74 Å². The van der Waals surface area contributed by atoms with Gasteiger partial charge in [0, 0.05) is 10.9 Å². The standard InChI is InChI=1S/C18H15NO4/c1-22-17(20)14-7-4-5-12(9-14)11-23-18(21)16-10-13-6-2-3-8-15(13)19-16/h2-10,19H,11H2,1H3. The Balaban J connectivity index is 1.70. The van der Waals surface area contributed by atoms with Crippen molar-refractivity contribution >= 4 is 22.8 Å². The quantitative estimate of drug-likeness (QED) is 0.751. The van der Waals surface area contributed by atoms with E-state index in [9.17, 15) is 9.59 Å². The van der Waals surface area contributed by atoms with Crippen LogP contribution in [0.2, 0.25) is 0 Å². The number of esters is 2. The maximum absolute atomic E-state index is 12.1. The van der Waals surface area contributed by atoms with Crippen LogP contribution in [0.15, 0.2) is 54.6 Å². The van der Waals surface area contributed by atoms with Gasteiger partial charge < -0.3 is 14.5 Å². The highest BCUT2D eigenvalue weighted by molar-refractivity contribution is 5.94. The van der Waals surface area contributed by atoms with E-state index in [1.165, 1.54) is 7.11 Å². The fraction of sp³-hybridized carbons (Fsp3) is 0.111. The number of nitrogens with one attached hydrogen (secondary N) is 1. The summed E-state index contributed by atoms with van der Waals surface area (Å²) in [7, 11) is 1.32. The number of carbonyl (C=O) groups excluding carboxylic acids is 2. The molecule has 0 bridgehead atoms. The summed E-state index contributed by atoms with van der Waals surface area (Å²) < 4.78 is 9.96. The molecule has 0 atom stereocenters. The molecule has 0 saturated carbocycles. The molecule has 0 aliphatic heterocycles. The smallest absolute Gasteiger partial charge is 0.355 e. The summed E-state index contributed by atoms with van der Waals surface area (Å²) in [6, 6.07) is 16.2. The minimum absolute atomic E-state index is 0.0824. The number of aromatic amines is 1. The number of H-pyrrole nitrogens is 1. The Morgan fingerprint density at radius 2 is 1.83 bits per heavy atom. The molecule has 1 aromatic heterocycles. The molecule has 0 aliphatic carbocycles. The van der Waals surface area contributed by atoms with E-state index < -0.39 is 11.9 Å². The third-order valence-electron chi connectivity index (χ3n) is 3.47. The third-order valence-corrected chi connectivity index (χ3v) is 3.47.